The van der Waals surface area contributed by atoms with Crippen molar-refractivity contribution in [3.8, 4) is 0 Å². The zero-order chi connectivity index (χ0) is 5.58. The number of hydrogen-bond donors (Lipinski definition) is 4. The molecule has 10 heavy (non-hydrogen) atoms. The van der Waals surface area contributed by atoms with Gasteiger partial charge in [0.05, 0.1) is 5.09 Å². The average molecular weight is 272 g/mol. The van der Waals surface area contributed by atoms with E-state index >= 15 is 0 Å². The van der Waals surface area contributed by atoms with Gasteiger partial charge >= 0.3 is 27.7 Å². The second-order valence-electron chi connectivity index (χ2n) is 0.224. The van der Waals surface area contributed by atoms with Crippen LogP contribution in [0.4, 0.5) is 0 Å². The molecule has 10 heteroatoms. The topological polar surface area (TPSA) is 206 Å². The Morgan fingerprint density at radius 2 is 1.00 bits per heavy atom. The molecule has 0 spiro atoms. The van der Waals surface area contributed by atoms with Gasteiger partial charge in [0.2, 0.25) is 0 Å². The molecule has 0 aliphatic heterocycles. The second kappa shape index (κ2) is 64.2. The van der Waals surface area contributed by atoms with Gasteiger partial charge in [-0.3, -0.25) is 0 Å². The Bertz CT molecular complexity index is 39.9. The van der Waals surface area contributed by atoms with Crippen LogP contribution in [0, 0.1) is 15.3 Å². The zero-order valence-electron chi connectivity index (χ0n) is 5.19. The molecule has 0 unspecified atom stereocenters. The molecule has 0 aromatic rings. The summed E-state index contributed by atoms with van der Waals surface area (Å²) in [6, 6.07) is 0. The van der Waals surface area contributed by atoms with E-state index in [1.165, 1.54) is 0 Å². The van der Waals surface area contributed by atoms with Crippen molar-refractivity contribution in [2.75, 3.05) is 0 Å². The van der Waals surface area contributed by atoms with Crippen LogP contribution in [0.25, 0.3) is 0 Å². The van der Waals surface area contributed by atoms with Crippen molar-refractivity contribution >= 4 is 9.53 Å². The normalized spacial score (nSPS) is 3.10. The second-order valence-corrected chi connectivity index (χ2v) is 0.224. The van der Waals surface area contributed by atoms with E-state index in [0.717, 1.165) is 0 Å². The fourth-order valence-electron chi connectivity index (χ4n) is 0. The monoisotopic (exact) mass is 271 g/mol. The third-order valence-electron chi connectivity index (χ3n) is 0. The van der Waals surface area contributed by atoms with Gasteiger partial charge in [0.1, 0.15) is 0 Å². The summed E-state index contributed by atoms with van der Waals surface area (Å²) in [7, 11) is 4.49. The summed E-state index contributed by atoms with van der Waals surface area (Å²) in [5, 5.41) is 14.8. The number of halogens is 1. The van der Waals surface area contributed by atoms with Gasteiger partial charge in [-0.25, -0.2) is 0 Å². The Hall–Kier alpha value is -0.00766. The zero-order valence-corrected chi connectivity index (χ0v) is 7.51. The fourth-order valence-corrected chi connectivity index (χ4v) is 0. The number of hydrogen-bond acceptors (Lipinski definition) is 7. The van der Waals surface area contributed by atoms with E-state index in [0.29, 0.717) is 0 Å². The molecule has 0 radical (unpaired) electrons. The first kappa shape index (κ1) is 50.7. The standard InChI is InChI=1S/ClH.NO3.4H3N.Pd/c;2-1(3)4;;;;;/h1H;;4*1H3;/q;-1;;;;;+2/p-1. The molecule has 0 saturated heterocycles. The van der Waals surface area contributed by atoms with Gasteiger partial charge in [0.15, 0.2) is 0 Å². The van der Waals surface area contributed by atoms with E-state index in [9.17, 15) is 0 Å². The number of rotatable bonds is 0. The van der Waals surface area contributed by atoms with E-state index < -0.39 is 5.09 Å². The summed E-state index contributed by atoms with van der Waals surface area (Å²) in [6.45, 7) is 0. The summed E-state index contributed by atoms with van der Waals surface area (Å²) >= 11 is 2.22. The predicted molar refractivity (Wildman–Crippen MR) is 36.3 cm³/mol. The minimum absolute atomic E-state index is 0. The maximum absolute atomic E-state index is 8.25. The van der Waals surface area contributed by atoms with Crippen LogP contribution in [-0.2, 0) is 18.2 Å². The predicted octanol–water partition coefficient (Wildman–Crippen LogP) is 1.10. The van der Waals surface area contributed by atoms with Crippen LogP contribution in [0.2, 0.25) is 0 Å². The van der Waals surface area contributed by atoms with Gasteiger partial charge in [-0.2, -0.15) is 0 Å². The third-order valence-corrected chi connectivity index (χ3v) is 0. The maximum atomic E-state index is 8.25. The van der Waals surface area contributed by atoms with Crippen molar-refractivity contribution in [3.05, 3.63) is 15.3 Å². The van der Waals surface area contributed by atoms with E-state index in [-0.39, 0.29) is 24.6 Å². The molecule has 0 aliphatic carbocycles. The SMILES string of the molecule is N.N.N.N.O=[N+]([O-])[O-].[Cl][Pd+]. The quantitative estimate of drug-likeness (QED) is 0.286. The Morgan fingerprint density at radius 3 is 1.00 bits per heavy atom. The summed E-state index contributed by atoms with van der Waals surface area (Å²) in [4.78, 5) is 8.25. The third kappa shape index (κ3) is 6660000. The summed E-state index contributed by atoms with van der Waals surface area (Å²) in [6.07, 6.45) is 0. The molecule has 0 heterocycles. The van der Waals surface area contributed by atoms with Crippen LogP contribution >= 0.6 is 9.53 Å². The fraction of sp³-hybridized carbons (Fsp3) is 0. The van der Waals surface area contributed by atoms with E-state index in [1.807, 2.05) is 0 Å². The molecular weight excluding hydrogens is 260 g/mol. The molecule has 0 rings (SSSR count). The first-order valence-electron chi connectivity index (χ1n) is 0.667. The van der Waals surface area contributed by atoms with Gasteiger partial charge in [-0.05, 0) is 0 Å². The Labute approximate surface area is 73.1 Å². The van der Waals surface area contributed by atoms with Gasteiger partial charge < -0.3 is 39.9 Å². The Kier molecular flexibility index (Phi) is 325. The van der Waals surface area contributed by atoms with Crippen molar-refractivity contribution in [3.63, 3.8) is 0 Å². The van der Waals surface area contributed by atoms with Crippen molar-refractivity contribution in [1.29, 1.82) is 0 Å². The molecule has 0 amide bonds. The van der Waals surface area contributed by atoms with Crippen molar-refractivity contribution in [2.45, 2.75) is 0 Å². The summed E-state index contributed by atoms with van der Waals surface area (Å²) in [5.74, 6) is 0. The van der Waals surface area contributed by atoms with Crippen LogP contribution in [0.3, 0.4) is 0 Å². The molecular formula is H12ClN5O3Pd. The summed E-state index contributed by atoms with van der Waals surface area (Å²) < 4.78 is 0. The first-order valence-corrected chi connectivity index (χ1v) is 2.67. The van der Waals surface area contributed by atoms with Gasteiger partial charge in [-0.1, -0.05) is 0 Å². The number of nitrogens with zero attached hydrogens (tertiary/aromatic N) is 1. The van der Waals surface area contributed by atoms with Crippen LogP contribution in [0.5, 0.6) is 0 Å². The molecule has 0 atom stereocenters. The molecule has 0 aromatic carbocycles. The van der Waals surface area contributed by atoms with E-state index in [2.05, 4.69) is 27.7 Å². The average Bonchev–Trinajstić information content (AvgIpc) is 1.41. The molecule has 12 N–H and O–H groups in total. The van der Waals surface area contributed by atoms with Gasteiger partial charge in [0.25, 0.3) is 0 Å². The van der Waals surface area contributed by atoms with Crippen molar-refractivity contribution in [1.82, 2.24) is 24.6 Å². The molecule has 0 bridgehead atoms. The molecule has 0 aliphatic rings. The van der Waals surface area contributed by atoms with Crippen LogP contribution in [0.15, 0.2) is 0 Å². The molecule has 0 fully saturated rings. The first-order chi connectivity index (χ1) is 2.73. The van der Waals surface area contributed by atoms with Gasteiger partial charge in [0, 0.05) is 0 Å². The van der Waals surface area contributed by atoms with Crippen LogP contribution in [-0.4, -0.2) is 5.09 Å². The van der Waals surface area contributed by atoms with Crippen LogP contribution < -0.4 is 24.6 Å². The minimum atomic E-state index is -1.75. The molecule has 8 nitrogen and oxygen atoms in total. The van der Waals surface area contributed by atoms with Crippen molar-refractivity contribution in [2.24, 2.45) is 0 Å². The van der Waals surface area contributed by atoms with Crippen LogP contribution in [0.1, 0.15) is 0 Å². The van der Waals surface area contributed by atoms with E-state index in [1.54, 1.807) is 0 Å². The summed E-state index contributed by atoms with van der Waals surface area (Å²) in [5.41, 5.74) is 0. The van der Waals surface area contributed by atoms with E-state index in [4.69, 9.17) is 15.3 Å². The Morgan fingerprint density at radius 1 is 1.00 bits per heavy atom. The molecule has 0 saturated carbocycles. The van der Waals surface area contributed by atoms with Crippen molar-refractivity contribution < 1.29 is 23.3 Å². The van der Waals surface area contributed by atoms with Gasteiger partial charge in [-0.15, -0.1) is 0 Å². The molecule has 0 aromatic heterocycles. The Balaban J connectivity index is -0.00000000625. The molecule has 72 valence electrons.